The van der Waals surface area contributed by atoms with Gasteiger partial charge in [0.05, 0.1) is 5.69 Å². The molecule has 1 heterocycles. The largest absolute Gasteiger partial charge is 0.368 e. The van der Waals surface area contributed by atoms with Crippen LogP contribution in [0.1, 0.15) is 25.8 Å². The van der Waals surface area contributed by atoms with E-state index in [9.17, 15) is 4.39 Å². The lowest BCUT2D eigenvalue weighted by Gasteiger charge is -2.26. The average molecular weight is 265 g/mol. The minimum Gasteiger partial charge on any atom is -0.368 e. The van der Waals surface area contributed by atoms with Gasteiger partial charge in [-0.25, -0.2) is 4.39 Å². The second-order valence-electron chi connectivity index (χ2n) is 5.46. The molecule has 0 spiro atoms. The number of hydrogen-bond donors (Lipinski definition) is 1. The zero-order chi connectivity index (χ0) is 13.8. The number of rotatable bonds is 3. The maximum atomic E-state index is 14.0. The summed E-state index contributed by atoms with van der Waals surface area (Å²) in [7, 11) is 0. The van der Waals surface area contributed by atoms with Crippen LogP contribution in [-0.4, -0.2) is 37.1 Å². The summed E-state index contributed by atoms with van der Waals surface area (Å²) in [6.07, 6.45) is 1.07. The van der Waals surface area contributed by atoms with Gasteiger partial charge in [-0.2, -0.15) is 0 Å². The van der Waals surface area contributed by atoms with E-state index >= 15 is 0 Å². The smallest absolute Gasteiger partial charge is 0.146 e. The lowest BCUT2D eigenvalue weighted by atomic mass is 10.1. The standard InChI is InChI=1S/C15H24FN3/c1-12(2)18-6-3-7-19(9-8-18)15-10-13(11-17)4-5-14(15)16/h4-5,10,12H,3,6-9,11,17H2,1-2H3. The van der Waals surface area contributed by atoms with Gasteiger partial charge in [0, 0.05) is 38.8 Å². The fourth-order valence-corrected chi connectivity index (χ4v) is 2.62. The molecule has 1 aliphatic heterocycles. The second kappa shape index (κ2) is 6.35. The van der Waals surface area contributed by atoms with Gasteiger partial charge in [0.25, 0.3) is 0 Å². The van der Waals surface area contributed by atoms with Crippen LogP contribution in [0.3, 0.4) is 0 Å². The summed E-state index contributed by atoms with van der Waals surface area (Å²) in [6.45, 7) is 8.75. The Kier molecular flexibility index (Phi) is 4.77. The van der Waals surface area contributed by atoms with Crippen molar-refractivity contribution >= 4 is 5.69 Å². The molecule has 0 saturated carbocycles. The molecule has 0 bridgehead atoms. The van der Waals surface area contributed by atoms with Gasteiger partial charge in [0.2, 0.25) is 0 Å². The molecule has 3 nitrogen and oxygen atoms in total. The van der Waals surface area contributed by atoms with Crippen molar-refractivity contribution < 1.29 is 4.39 Å². The van der Waals surface area contributed by atoms with E-state index in [2.05, 4.69) is 23.6 Å². The Morgan fingerprint density at radius 2 is 2.00 bits per heavy atom. The molecule has 0 radical (unpaired) electrons. The molecule has 0 atom stereocenters. The zero-order valence-corrected chi connectivity index (χ0v) is 11.9. The highest BCUT2D eigenvalue weighted by molar-refractivity contribution is 5.50. The normalized spacial score (nSPS) is 17.8. The summed E-state index contributed by atoms with van der Waals surface area (Å²) in [5.74, 6) is -0.143. The van der Waals surface area contributed by atoms with Gasteiger partial charge in [0.15, 0.2) is 0 Å². The third kappa shape index (κ3) is 3.45. The molecular formula is C15H24FN3. The summed E-state index contributed by atoms with van der Waals surface area (Å²) in [6, 6.07) is 5.74. The molecule has 0 aliphatic carbocycles. The van der Waals surface area contributed by atoms with E-state index in [-0.39, 0.29) is 5.82 Å². The van der Waals surface area contributed by atoms with E-state index in [1.54, 1.807) is 6.07 Å². The topological polar surface area (TPSA) is 32.5 Å². The second-order valence-corrected chi connectivity index (χ2v) is 5.46. The summed E-state index contributed by atoms with van der Waals surface area (Å²) in [5, 5.41) is 0. The predicted octanol–water partition coefficient (Wildman–Crippen LogP) is 2.20. The van der Waals surface area contributed by atoms with Crippen LogP contribution in [0.2, 0.25) is 0 Å². The van der Waals surface area contributed by atoms with E-state index in [4.69, 9.17) is 5.73 Å². The van der Waals surface area contributed by atoms with Crippen molar-refractivity contribution in [1.82, 2.24) is 4.90 Å². The SMILES string of the molecule is CC(C)N1CCCN(c2cc(CN)ccc2F)CC1. The highest BCUT2D eigenvalue weighted by atomic mass is 19.1. The van der Waals surface area contributed by atoms with Crippen molar-refractivity contribution in [2.24, 2.45) is 5.73 Å². The van der Waals surface area contributed by atoms with E-state index in [0.717, 1.165) is 38.2 Å². The Hall–Kier alpha value is -1.13. The molecule has 0 amide bonds. The lowest BCUT2D eigenvalue weighted by molar-refractivity contribution is 0.238. The quantitative estimate of drug-likeness (QED) is 0.909. The van der Waals surface area contributed by atoms with Crippen molar-refractivity contribution in [3.05, 3.63) is 29.6 Å². The molecule has 1 aliphatic rings. The number of nitrogens with zero attached hydrogens (tertiary/aromatic N) is 2. The molecule has 1 aromatic carbocycles. The van der Waals surface area contributed by atoms with Crippen LogP contribution in [0.5, 0.6) is 0 Å². The fraction of sp³-hybridized carbons (Fsp3) is 0.600. The number of nitrogens with two attached hydrogens (primary N) is 1. The third-order valence-electron chi connectivity index (χ3n) is 3.85. The third-order valence-corrected chi connectivity index (χ3v) is 3.85. The van der Waals surface area contributed by atoms with Gasteiger partial charge in [-0.3, -0.25) is 4.90 Å². The van der Waals surface area contributed by atoms with Crippen molar-refractivity contribution in [2.45, 2.75) is 32.9 Å². The summed E-state index contributed by atoms with van der Waals surface area (Å²) < 4.78 is 14.0. The highest BCUT2D eigenvalue weighted by Crippen LogP contribution is 2.22. The predicted molar refractivity (Wildman–Crippen MR) is 77.8 cm³/mol. The molecule has 1 aromatic rings. The van der Waals surface area contributed by atoms with Crippen molar-refractivity contribution in [3.63, 3.8) is 0 Å². The van der Waals surface area contributed by atoms with Crippen LogP contribution in [0.15, 0.2) is 18.2 Å². The lowest BCUT2D eigenvalue weighted by Crippen LogP contribution is -2.35. The van der Waals surface area contributed by atoms with E-state index in [0.29, 0.717) is 18.3 Å². The van der Waals surface area contributed by atoms with E-state index < -0.39 is 0 Å². The number of halogens is 1. The molecule has 1 fully saturated rings. The molecule has 19 heavy (non-hydrogen) atoms. The average Bonchev–Trinajstić information content (AvgIpc) is 2.65. The first-order valence-electron chi connectivity index (χ1n) is 7.09. The molecule has 106 valence electrons. The van der Waals surface area contributed by atoms with Gasteiger partial charge in [-0.05, 0) is 38.0 Å². The zero-order valence-electron chi connectivity index (χ0n) is 11.9. The van der Waals surface area contributed by atoms with Crippen molar-refractivity contribution in [2.75, 3.05) is 31.1 Å². The minimum absolute atomic E-state index is 0.143. The maximum absolute atomic E-state index is 14.0. The highest BCUT2D eigenvalue weighted by Gasteiger charge is 2.19. The first-order valence-corrected chi connectivity index (χ1v) is 7.09. The van der Waals surface area contributed by atoms with Gasteiger partial charge in [-0.1, -0.05) is 6.07 Å². The van der Waals surface area contributed by atoms with Crippen molar-refractivity contribution in [1.29, 1.82) is 0 Å². The van der Waals surface area contributed by atoms with E-state index in [1.807, 2.05) is 6.07 Å². The maximum Gasteiger partial charge on any atom is 0.146 e. The first-order chi connectivity index (χ1) is 9.11. The molecule has 0 unspecified atom stereocenters. The summed E-state index contributed by atoms with van der Waals surface area (Å²) in [5.41, 5.74) is 7.33. The van der Waals surface area contributed by atoms with Gasteiger partial charge in [-0.15, -0.1) is 0 Å². The molecule has 1 saturated heterocycles. The van der Waals surface area contributed by atoms with Crippen LogP contribution in [0.25, 0.3) is 0 Å². The van der Waals surface area contributed by atoms with Crippen LogP contribution < -0.4 is 10.6 Å². The molecular weight excluding hydrogens is 241 g/mol. The summed E-state index contributed by atoms with van der Waals surface area (Å²) >= 11 is 0. The Morgan fingerprint density at radius 1 is 1.21 bits per heavy atom. The van der Waals surface area contributed by atoms with Gasteiger partial charge in [0.1, 0.15) is 5.82 Å². The van der Waals surface area contributed by atoms with Crippen LogP contribution >= 0.6 is 0 Å². The monoisotopic (exact) mass is 265 g/mol. The van der Waals surface area contributed by atoms with Gasteiger partial charge < -0.3 is 10.6 Å². The Labute approximate surface area is 115 Å². The van der Waals surface area contributed by atoms with Crippen LogP contribution in [0, 0.1) is 5.82 Å². The summed E-state index contributed by atoms with van der Waals surface area (Å²) in [4.78, 5) is 4.60. The van der Waals surface area contributed by atoms with Gasteiger partial charge >= 0.3 is 0 Å². The number of hydrogen-bond acceptors (Lipinski definition) is 3. The number of anilines is 1. The number of benzene rings is 1. The Balaban J connectivity index is 2.13. The minimum atomic E-state index is -0.143. The Bertz CT molecular complexity index is 420. The van der Waals surface area contributed by atoms with Crippen LogP contribution in [-0.2, 0) is 6.54 Å². The molecule has 4 heteroatoms. The fourth-order valence-electron chi connectivity index (χ4n) is 2.62. The van der Waals surface area contributed by atoms with Crippen LogP contribution in [0.4, 0.5) is 10.1 Å². The molecule has 2 N–H and O–H groups in total. The Morgan fingerprint density at radius 3 is 2.68 bits per heavy atom. The molecule has 2 rings (SSSR count). The van der Waals surface area contributed by atoms with Crippen molar-refractivity contribution in [3.8, 4) is 0 Å². The van der Waals surface area contributed by atoms with E-state index in [1.165, 1.54) is 6.07 Å². The molecule has 0 aromatic heterocycles. The first kappa shape index (κ1) is 14.3.